The zero-order chi connectivity index (χ0) is 20.1. The molecular weight excluding hydrogens is 348 g/mol. The Hall–Kier alpha value is -2.76. The van der Waals surface area contributed by atoms with Crippen molar-refractivity contribution in [3.05, 3.63) is 58.7 Å². The number of nitrogens with zero attached hydrogens (tertiary/aromatic N) is 3. The lowest BCUT2D eigenvalue weighted by molar-refractivity contribution is 0.0999. The number of carbonyl (C=O) groups is 1. The number of benzene rings is 2. The number of halogens is 2. The molecule has 4 nitrogen and oxygen atoms in total. The fourth-order valence-electron chi connectivity index (χ4n) is 2.79. The van der Waals surface area contributed by atoms with Gasteiger partial charge >= 0.3 is 0 Å². The number of hydrogen-bond acceptors (Lipinski definition) is 3. The quantitative estimate of drug-likeness (QED) is 0.407. The SMILES string of the molecule is CCN(C)C=Nc1cc(C)c(C(=O)CN(C)c2c(C)cccc2F)cc1F. The van der Waals surface area contributed by atoms with Crippen LogP contribution in [0.25, 0.3) is 0 Å². The lowest BCUT2D eigenvalue weighted by Gasteiger charge is -2.21. The molecule has 0 atom stereocenters. The minimum Gasteiger partial charge on any atom is -0.366 e. The Morgan fingerprint density at radius 2 is 1.81 bits per heavy atom. The van der Waals surface area contributed by atoms with E-state index in [1.54, 1.807) is 50.3 Å². The van der Waals surface area contributed by atoms with Gasteiger partial charge in [-0.25, -0.2) is 13.8 Å². The van der Waals surface area contributed by atoms with Crippen molar-refractivity contribution in [3.8, 4) is 0 Å². The van der Waals surface area contributed by atoms with Gasteiger partial charge in [-0.05, 0) is 50.1 Å². The number of rotatable bonds is 7. The molecule has 0 radical (unpaired) electrons. The number of likely N-dealkylation sites (N-methyl/N-ethyl adjacent to an activating group) is 1. The molecule has 0 N–H and O–H groups in total. The second-order valence-electron chi connectivity index (χ2n) is 6.62. The smallest absolute Gasteiger partial charge is 0.182 e. The lowest BCUT2D eigenvalue weighted by Crippen LogP contribution is -2.27. The van der Waals surface area contributed by atoms with Gasteiger partial charge in [0.2, 0.25) is 0 Å². The monoisotopic (exact) mass is 373 g/mol. The van der Waals surface area contributed by atoms with Gasteiger partial charge in [0.1, 0.15) is 17.3 Å². The van der Waals surface area contributed by atoms with Gasteiger partial charge in [0.15, 0.2) is 5.78 Å². The molecule has 144 valence electrons. The van der Waals surface area contributed by atoms with Crippen LogP contribution < -0.4 is 4.90 Å². The molecule has 0 fully saturated rings. The third-order valence-corrected chi connectivity index (χ3v) is 4.44. The summed E-state index contributed by atoms with van der Waals surface area (Å²) >= 11 is 0. The Morgan fingerprint density at radius 1 is 1.11 bits per heavy atom. The summed E-state index contributed by atoms with van der Waals surface area (Å²) in [6.07, 6.45) is 1.55. The van der Waals surface area contributed by atoms with Crippen LogP contribution in [0.15, 0.2) is 35.3 Å². The minimum atomic E-state index is -0.561. The van der Waals surface area contributed by atoms with Crippen molar-refractivity contribution in [2.24, 2.45) is 4.99 Å². The van der Waals surface area contributed by atoms with Crippen molar-refractivity contribution < 1.29 is 13.6 Å². The van der Waals surface area contributed by atoms with E-state index in [4.69, 9.17) is 0 Å². The summed E-state index contributed by atoms with van der Waals surface area (Å²) in [6, 6.07) is 7.52. The van der Waals surface area contributed by atoms with Gasteiger partial charge in [-0.2, -0.15) is 0 Å². The van der Waals surface area contributed by atoms with E-state index >= 15 is 0 Å². The fourth-order valence-corrected chi connectivity index (χ4v) is 2.79. The van der Waals surface area contributed by atoms with Crippen LogP contribution >= 0.6 is 0 Å². The number of hydrogen-bond donors (Lipinski definition) is 0. The third-order valence-electron chi connectivity index (χ3n) is 4.44. The van der Waals surface area contributed by atoms with E-state index in [2.05, 4.69) is 4.99 Å². The van der Waals surface area contributed by atoms with E-state index in [1.165, 1.54) is 12.1 Å². The fraction of sp³-hybridized carbons (Fsp3) is 0.333. The maximum Gasteiger partial charge on any atom is 0.182 e. The van der Waals surface area contributed by atoms with Gasteiger partial charge in [-0.3, -0.25) is 4.79 Å². The maximum atomic E-state index is 14.4. The van der Waals surface area contributed by atoms with Crippen molar-refractivity contribution in [1.82, 2.24) is 4.90 Å². The largest absolute Gasteiger partial charge is 0.366 e. The molecule has 0 saturated heterocycles. The molecule has 2 aromatic rings. The first-order valence-corrected chi connectivity index (χ1v) is 8.78. The summed E-state index contributed by atoms with van der Waals surface area (Å²) < 4.78 is 28.5. The molecule has 2 rings (SSSR count). The molecule has 0 unspecified atom stereocenters. The van der Waals surface area contributed by atoms with E-state index in [0.29, 0.717) is 11.3 Å². The van der Waals surface area contributed by atoms with Crippen molar-refractivity contribution in [3.63, 3.8) is 0 Å². The summed E-state index contributed by atoms with van der Waals surface area (Å²) in [6.45, 7) is 6.18. The first-order valence-electron chi connectivity index (χ1n) is 8.78. The first-order chi connectivity index (χ1) is 12.7. The molecule has 0 spiro atoms. The summed E-state index contributed by atoms with van der Waals surface area (Å²) in [5.74, 6) is -1.23. The molecular formula is C21H25F2N3O. The van der Waals surface area contributed by atoms with Gasteiger partial charge in [-0.15, -0.1) is 0 Å². The van der Waals surface area contributed by atoms with Crippen LogP contribution in [0.1, 0.15) is 28.4 Å². The van der Waals surface area contributed by atoms with E-state index in [-0.39, 0.29) is 23.6 Å². The molecule has 2 aromatic carbocycles. The zero-order valence-electron chi connectivity index (χ0n) is 16.4. The number of para-hydroxylation sites is 1. The van der Waals surface area contributed by atoms with Crippen LogP contribution in [0.2, 0.25) is 0 Å². The number of aliphatic imine (C=N–C) groups is 1. The highest BCUT2D eigenvalue weighted by Gasteiger charge is 2.18. The number of Topliss-reactive ketones (excluding diaryl/α,β-unsaturated/α-hetero) is 1. The summed E-state index contributed by atoms with van der Waals surface area (Å²) in [5, 5.41) is 0. The molecule has 0 bridgehead atoms. The van der Waals surface area contributed by atoms with Crippen LogP contribution in [0.3, 0.4) is 0 Å². The predicted octanol–water partition coefficient (Wildman–Crippen LogP) is 4.51. The molecule has 0 saturated carbocycles. The first kappa shape index (κ1) is 20.6. The second-order valence-corrected chi connectivity index (χ2v) is 6.62. The van der Waals surface area contributed by atoms with Gasteiger partial charge in [0.05, 0.1) is 18.6 Å². The maximum absolute atomic E-state index is 14.4. The highest BCUT2D eigenvalue weighted by molar-refractivity contribution is 6.00. The highest BCUT2D eigenvalue weighted by Crippen LogP contribution is 2.25. The summed E-state index contributed by atoms with van der Waals surface area (Å²) in [5.41, 5.74) is 2.19. The van der Waals surface area contributed by atoms with Crippen LogP contribution in [0.4, 0.5) is 20.2 Å². The van der Waals surface area contributed by atoms with Gasteiger partial charge in [-0.1, -0.05) is 12.1 Å². The number of carbonyl (C=O) groups excluding carboxylic acids is 1. The molecule has 0 aromatic heterocycles. The normalized spacial score (nSPS) is 11.1. The molecule has 0 heterocycles. The van der Waals surface area contributed by atoms with Crippen LogP contribution in [-0.2, 0) is 0 Å². The van der Waals surface area contributed by atoms with Gasteiger partial charge < -0.3 is 9.80 Å². The van der Waals surface area contributed by atoms with E-state index in [0.717, 1.165) is 12.1 Å². The summed E-state index contributed by atoms with van der Waals surface area (Å²) in [7, 11) is 3.49. The lowest BCUT2D eigenvalue weighted by atomic mass is 10.0. The Balaban J connectivity index is 2.24. The Kier molecular flexibility index (Phi) is 6.66. The summed E-state index contributed by atoms with van der Waals surface area (Å²) in [4.78, 5) is 20.2. The number of anilines is 1. The predicted molar refractivity (Wildman–Crippen MR) is 106 cm³/mol. The molecule has 0 aliphatic rings. The van der Waals surface area contributed by atoms with Crippen molar-refractivity contribution in [2.75, 3.05) is 32.1 Å². The second kappa shape index (κ2) is 8.75. The molecule has 27 heavy (non-hydrogen) atoms. The number of ketones is 1. The Bertz CT molecular complexity index is 844. The van der Waals surface area contributed by atoms with Crippen LogP contribution in [0, 0.1) is 25.5 Å². The molecule has 0 aliphatic carbocycles. The molecule has 0 aliphatic heterocycles. The number of aryl methyl sites for hydroxylation is 2. The van der Waals surface area contributed by atoms with E-state index in [1.807, 2.05) is 18.9 Å². The highest BCUT2D eigenvalue weighted by atomic mass is 19.1. The van der Waals surface area contributed by atoms with Gasteiger partial charge in [0.25, 0.3) is 0 Å². The van der Waals surface area contributed by atoms with Crippen molar-refractivity contribution in [1.29, 1.82) is 0 Å². The van der Waals surface area contributed by atoms with Crippen molar-refractivity contribution >= 4 is 23.5 Å². The average molecular weight is 373 g/mol. The van der Waals surface area contributed by atoms with Crippen molar-refractivity contribution in [2.45, 2.75) is 20.8 Å². The van der Waals surface area contributed by atoms with Crippen LogP contribution in [0.5, 0.6) is 0 Å². The van der Waals surface area contributed by atoms with Crippen LogP contribution in [-0.4, -0.2) is 44.2 Å². The standard InChI is InChI=1S/C21H25F2N3O/c1-6-25(4)13-24-19-10-15(3)16(11-18(19)23)20(27)12-26(5)21-14(2)8-7-9-17(21)22/h7-11,13H,6,12H2,1-5H3. The van der Waals surface area contributed by atoms with Gasteiger partial charge in [0, 0.05) is 26.2 Å². The average Bonchev–Trinajstić information content (AvgIpc) is 2.61. The van der Waals surface area contributed by atoms with E-state index in [9.17, 15) is 13.6 Å². The Labute approximate surface area is 159 Å². The third kappa shape index (κ3) is 4.90. The van der Waals surface area contributed by atoms with E-state index < -0.39 is 11.6 Å². The Morgan fingerprint density at radius 3 is 2.44 bits per heavy atom. The molecule has 6 heteroatoms. The zero-order valence-corrected chi connectivity index (χ0v) is 16.4. The topological polar surface area (TPSA) is 35.9 Å². The minimum absolute atomic E-state index is 0.0523. The molecule has 0 amide bonds.